The van der Waals surface area contributed by atoms with Gasteiger partial charge in [-0.3, -0.25) is 4.68 Å². The van der Waals surface area contributed by atoms with Gasteiger partial charge in [-0.25, -0.2) is 4.79 Å². The number of carbonyl (C=O) groups is 1. The second-order valence-electron chi connectivity index (χ2n) is 4.93. The number of rotatable bonds is 2. The molecule has 0 atom stereocenters. The first kappa shape index (κ1) is 14.9. The van der Waals surface area contributed by atoms with Gasteiger partial charge < -0.3 is 4.74 Å². The Morgan fingerprint density at radius 1 is 1.39 bits per heavy atom. The molecule has 0 bridgehead atoms. The lowest BCUT2D eigenvalue weighted by molar-refractivity contribution is 0.00551. The van der Waals surface area contributed by atoms with Gasteiger partial charge in [0.1, 0.15) is 11.2 Å². The Bertz CT molecular complexity index is 473. The largest absolute Gasteiger partial charge is 0.456 e. The smallest absolute Gasteiger partial charge is 0.367 e. The molecule has 0 aromatic carbocycles. The van der Waals surface area contributed by atoms with Crippen LogP contribution in [-0.2, 0) is 17.2 Å². The van der Waals surface area contributed by atoms with Crippen LogP contribution in [0.2, 0.25) is 0 Å². The van der Waals surface area contributed by atoms with Gasteiger partial charge in [0.2, 0.25) is 0 Å². The molecule has 1 aromatic heterocycles. The average molecular weight is 281 g/mol. The van der Waals surface area contributed by atoms with Crippen LogP contribution < -0.4 is 0 Å². The normalized spacial score (nSPS) is 12.7. The summed E-state index contributed by atoms with van der Waals surface area (Å²) in [5.74, 6) is -0.858. The lowest BCUT2D eigenvalue weighted by atomic mass is 10.1. The number of hydrogen-bond donors (Lipinski definition) is 0. The molecule has 102 valence electrons. The van der Waals surface area contributed by atoms with E-state index in [0.717, 1.165) is 0 Å². The zero-order valence-corrected chi connectivity index (χ0v) is 11.6. The topological polar surface area (TPSA) is 44.1 Å². The summed E-state index contributed by atoms with van der Waals surface area (Å²) in [7, 11) is 1.45. The molecule has 7 heteroatoms. The minimum Gasteiger partial charge on any atom is -0.456 e. The molecule has 18 heavy (non-hydrogen) atoms. The molecule has 0 radical (unpaired) electrons. The Balaban J connectivity index is 3.27. The Kier molecular flexibility index (Phi) is 3.72. The predicted molar refractivity (Wildman–Crippen MR) is 62.9 cm³/mol. The zero-order valence-electron chi connectivity index (χ0n) is 10.8. The van der Waals surface area contributed by atoms with Crippen LogP contribution in [0.5, 0.6) is 0 Å². The SMILES string of the molecule is Cc1c(C(=O)OC(C)(C)C)c(C(F)(F)Cl)nn1C. The van der Waals surface area contributed by atoms with Crippen LogP contribution >= 0.6 is 11.6 Å². The maximum Gasteiger partial charge on any atom is 0.367 e. The first-order chi connectivity index (χ1) is 7.93. The number of carbonyl (C=O) groups excluding carboxylic acids is 1. The second kappa shape index (κ2) is 4.50. The monoisotopic (exact) mass is 280 g/mol. The summed E-state index contributed by atoms with van der Waals surface area (Å²) in [5.41, 5.74) is -1.57. The van der Waals surface area contributed by atoms with Crippen molar-refractivity contribution >= 4 is 17.6 Å². The van der Waals surface area contributed by atoms with E-state index < -0.39 is 22.6 Å². The summed E-state index contributed by atoms with van der Waals surface area (Å²) in [5, 5.41) is -0.144. The third-order valence-electron chi connectivity index (χ3n) is 2.21. The third kappa shape index (κ3) is 3.19. The molecule has 0 saturated heterocycles. The van der Waals surface area contributed by atoms with Crippen molar-refractivity contribution in [1.82, 2.24) is 9.78 Å². The van der Waals surface area contributed by atoms with Crippen LogP contribution in [0.25, 0.3) is 0 Å². The summed E-state index contributed by atoms with van der Waals surface area (Å²) < 4.78 is 32.6. The van der Waals surface area contributed by atoms with E-state index in [4.69, 9.17) is 16.3 Å². The number of ether oxygens (including phenoxy) is 1. The van der Waals surface area contributed by atoms with Crippen molar-refractivity contribution in [2.75, 3.05) is 0 Å². The summed E-state index contributed by atoms with van der Waals surface area (Å²) in [6.07, 6.45) is 0. The number of aromatic nitrogens is 2. The molecule has 0 aliphatic carbocycles. The molecule has 1 rings (SSSR count). The second-order valence-corrected chi connectivity index (χ2v) is 5.41. The average Bonchev–Trinajstić information content (AvgIpc) is 2.39. The zero-order chi connectivity index (χ0) is 14.3. The van der Waals surface area contributed by atoms with Crippen molar-refractivity contribution in [3.05, 3.63) is 17.0 Å². The molecule has 0 N–H and O–H groups in total. The van der Waals surface area contributed by atoms with E-state index in [0.29, 0.717) is 0 Å². The highest BCUT2D eigenvalue weighted by molar-refractivity contribution is 6.22. The maximum atomic E-state index is 13.2. The number of hydrogen-bond acceptors (Lipinski definition) is 3. The standard InChI is InChI=1S/C11H15ClF2N2O2/c1-6-7(9(17)18-10(2,3)4)8(11(12,13)14)15-16(6)5/h1-5H3. The Morgan fingerprint density at radius 3 is 2.28 bits per heavy atom. The highest BCUT2D eigenvalue weighted by atomic mass is 35.5. The molecular formula is C11H15ClF2N2O2. The van der Waals surface area contributed by atoms with Crippen LogP contribution in [0.1, 0.15) is 42.5 Å². The fraction of sp³-hybridized carbons (Fsp3) is 0.636. The minimum atomic E-state index is -3.71. The third-order valence-corrected chi connectivity index (χ3v) is 2.38. The van der Waals surface area contributed by atoms with E-state index in [9.17, 15) is 13.6 Å². The highest BCUT2D eigenvalue weighted by Crippen LogP contribution is 2.35. The molecule has 0 unspecified atom stereocenters. The van der Waals surface area contributed by atoms with Crippen LogP contribution in [-0.4, -0.2) is 21.4 Å². The van der Waals surface area contributed by atoms with Crippen LogP contribution in [0.3, 0.4) is 0 Å². The van der Waals surface area contributed by atoms with Crippen LogP contribution in [0.15, 0.2) is 0 Å². The van der Waals surface area contributed by atoms with E-state index >= 15 is 0 Å². The molecule has 0 aliphatic rings. The van der Waals surface area contributed by atoms with Gasteiger partial charge in [-0.2, -0.15) is 13.9 Å². The lowest BCUT2D eigenvalue weighted by Gasteiger charge is -2.20. The number of nitrogens with zero attached hydrogens (tertiary/aromatic N) is 2. The fourth-order valence-corrected chi connectivity index (χ4v) is 1.51. The van der Waals surface area contributed by atoms with Gasteiger partial charge in [0.15, 0.2) is 5.69 Å². The number of halogens is 3. The number of alkyl halides is 3. The van der Waals surface area contributed by atoms with Gasteiger partial charge in [0.25, 0.3) is 0 Å². The molecule has 1 heterocycles. The molecule has 0 amide bonds. The van der Waals surface area contributed by atoms with Crippen LogP contribution in [0, 0.1) is 6.92 Å². The Hall–Kier alpha value is -1.17. The van der Waals surface area contributed by atoms with E-state index in [2.05, 4.69) is 5.10 Å². The van der Waals surface area contributed by atoms with Crippen molar-refractivity contribution in [1.29, 1.82) is 0 Å². The van der Waals surface area contributed by atoms with E-state index in [1.54, 1.807) is 20.8 Å². The minimum absolute atomic E-state index is 0.277. The first-order valence-electron chi connectivity index (χ1n) is 5.27. The quantitative estimate of drug-likeness (QED) is 0.618. The van der Waals surface area contributed by atoms with Gasteiger partial charge >= 0.3 is 11.4 Å². The van der Waals surface area contributed by atoms with E-state index in [-0.39, 0.29) is 11.3 Å². The van der Waals surface area contributed by atoms with Crippen molar-refractivity contribution in [3.63, 3.8) is 0 Å². The number of aryl methyl sites for hydroxylation is 1. The van der Waals surface area contributed by atoms with Crippen molar-refractivity contribution < 1.29 is 18.3 Å². The molecular weight excluding hydrogens is 266 g/mol. The summed E-state index contributed by atoms with van der Waals surface area (Å²) in [6.45, 7) is 6.44. The van der Waals surface area contributed by atoms with Gasteiger partial charge in [-0.15, -0.1) is 0 Å². The predicted octanol–water partition coefficient (Wildman–Crippen LogP) is 2.97. The van der Waals surface area contributed by atoms with E-state index in [1.807, 2.05) is 0 Å². The molecule has 4 nitrogen and oxygen atoms in total. The van der Waals surface area contributed by atoms with Crippen molar-refractivity contribution in [2.45, 2.75) is 38.7 Å². The molecule has 0 spiro atoms. The van der Waals surface area contributed by atoms with Crippen molar-refractivity contribution in [3.8, 4) is 0 Å². The van der Waals surface area contributed by atoms with Gasteiger partial charge in [0.05, 0.1) is 5.69 Å². The van der Waals surface area contributed by atoms with Gasteiger partial charge in [-0.05, 0) is 39.3 Å². The Labute approximate surface area is 109 Å². The number of esters is 1. The van der Waals surface area contributed by atoms with E-state index in [1.165, 1.54) is 18.7 Å². The van der Waals surface area contributed by atoms with Gasteiger partial charge in [0, 0.05) is 7.05 Å². The lowest BCUT2D eigenvalue weighted by Crippen LogP contribution is -2.25. The molecule has 0 fully saturated rings. The fourth-order valence-electron chi connectivity index (χ4n) is 1.38. The molecule has 1 aromatic rings. The van der Waals surface area contributed by atoms with Crippen LogP contribution in [0.4, 0.5) is 8.78 Å². The van der Waals surface area contributed by atoms with Gasteiger partial charge in [-0.1, -0.05) is 0 Å². The summed E-state index contributed by atoms with van der Waals surface area (Å²) in [4.78, 5) is 11.9. The Morgan fingerprint density at radius 2 is 1.89 bits per heavy atom. The summed E-state index contributed by atoms with van der Waals surface area (Å²) in [6, 6.07) is 0. The molecule has 0 saturated carbocycles. The van der Waals surface area contributed by atoms with Crippen molar-refractivity contribution in [2.24, 2.45) is 7.05 Å². The molecule has 0 aliphatic heterocycles. The summed E-state index contributed by atoms with van der Waals surface area (Å²) >= 11 is 4.95. The maximum absolute atomic E-state index is 13.2. The highest BCUT2D eigenvalue weighted by Gasteiger charge is 2.39. The first-order valence-corrected chi connectivity index (χ1v) is 5.65.